The number of carbonyl (C=O) groups excluding carboxylic acids is 1. The van der Waals surface area contributed by atoms with Crippen LogP contribution in [-0.4, -0.2) is 40.0 Å². The molecular formula is C20H19ClN2O3. The van der Waals surface area contributed by atoms with E-state index in [9.17, 15) is 14.7 Å². The van der Waals surface area contributed by atoms with Gasteiger partial charge in [-0.25, -0.2) is 0 Å². The number of pyridine rings is 1. The molecule has 1 aromatic heterocycles. The van der Waals surface area contributed by atoms with Crippen LogP contribution in [0.15, 0.2) is 42.6 Å². The number of hydrogen-bond acceptors (Lipinski definition) is 3. The van der Waals surface area contributed by atoms with Gasteiger partial charge in [-0.05, 0) is 48.9 Å². The Labute approximate surface area is 156 Å². The van der Waals surface area contributed by atoms with Gasteiger partial charge in [0.2, 0.25) is 0 Å². The molecule has 6 heteroatoms. The van der Waals surface area contributed by atoms with Crippen molar-refractivity contribution in [2.24, 2.45) is 11.3 Å². The Morgan fingerprint density at radius 2 is 1.96 bits per heavy atom. The molecule has 134 valence electrons. The number of halogens is 1. The molecule has 2 fully saturated rings. The highest BCUT2D eigenvalue weighted by atomic mass is 35.5. The van der Waals surface area contributed by atoms with Gasteiger partial charge < -0.3 is 10.0 Å². The summed E-state index contributed by atoms with van der Waals surface area (Å²) in [6.07, 6.45) is 3.94. The van der Waals surface area contributed by atoms with Gasteiger partial charge in [0.05, 0.1) is 22.2 Å². The maximum Gasteiger partial charge on any atom is 0.307 e. The van der Waals surface area contributed by atoms with Crippen LogP contribution in [0.3, 0.4) is 0 Å². The highest BCUT2D eigenvalue weighted by Crippen LogP contribution is 2.59. The van der Waals surface area contributed by atoms with Gasteiger partial charge in [0.1, 0.15) is 0 Å². The number of carbonyl (C=O) groups is 2. The van der Waals surface area contributed by atoms with E-state index in [4.69, 9.17) is 11.6 Å². The lowest BCUT2D eigenvalue weighted by atomic mass is 9.90. The average Bonchev–Trinajstić information content (AvgIpc) is 3.37. The molecule has 1 saturated heterocycles. The second-order valence-electron chi connectivity index (χ2n) is 7.16. The average molecular weight is 371 g/mol. The predicted molar refractivity (Wildman–Crippen MR) is 98.0 cm³/mol. The van der Waals surface area contributed by atoms with Crippen molar-refractivity contribution in [3.05, 3.63) is 53.2 Å². The SMILES string of the molecule is O=C(O)C1CC12CCN(C(=O)c1cc(-c3ccccn3)ccc1Cl)CC2. The molecule has 1 aromatic carbocycles. The van der Waals surface area contributed by atoms with Gasteiger partial charge in [0, 0.05) is 24.8 Å². The van der Waals surface area contributed by atoms with Crippen LogP contribution in [0.5, 0.6) is 0 Å². The summed E-state index contributed by atoms with van der Waals surface area (Å²) in [5.41, 5.74) is 2.01. The van der Waals surface area contributed by atoms with Gasteiger partial charge >= 0.3 is 5.97 Å². The molecule has 1 aliphatic heterocycles. The lowest BCUT2D eigenvalue weighted by Gasteiger charge is -2.33. The number of carboxylic acid groups (broad SMARTS) is 1. The third-order valence-electron chi connectivity index (χ3n) is 5.69. The van der Waals surface area contributed by atoms with Gasteiger partial charge in [-0.2, -0.15) is 0 Å². The molecule has 0 radical (unpaired) electrons. The number of benzene rings is 1. The molecule has 1 saturated carbocycles. The Bertz CT molecular complexity index is 861. The van der Waals surface area contributed by atoms with Crippen LogP contribution in [0.25, 0.3) is 11.3 Å². The van der Waals surface area contributed by atoms with Crippen LogP contribution in [-0.2, 0) is 4.79 Å². The van der Waals surface area contributed by atoms with Gasteiger partial charge in [-0.1, -0.05) is 23.7 Å². The van der Waals surface area contributed by atoms with Crippen molar-refractivity contribution >= 4 is 23.5 Å². The zero-order valence-electron chi connectivity index (χ0n) is 14.2. The van der Waals surface area contributed by atoms with Crippen molar-refractivity contribution < 1.29 is 14.7 Å². The summed E-state index contributed by atoms with van der Waals surface area (Å²) in [4.78, 5) is 30.2. The summed E-state index contributed by atoms with van der Waals surface area (Å²) < 4.78 is 0. The molecule has 4 rings (SSSR count). The quantitative estimate of drug-likeness (QED) is 0.893. The van der Waals surface area contributed by atoms with Crippen molar-refractivity contribution in [1.82, 2.24) is 9.88 Å². The number of amides is 1. The molecule has 2 aliphatic rings. The fourth-order valence-electron chi connectivity index (χ4n) is 3.96. The predicted octanol–water partition coefficient (Wildman–Crippen LogP) is 3.73. The van der Waals surface area contributed by atoms with Crippen LogP contribution < -0.4 is 0 Å². The molecule has 0 bridgehead atoms. The number of piperidine rings is 1. The van der Waals surface area contributed by atoms with Crippen molar-refractivity contribution in [3.8, 4) is 11.3 Å². The zero-order valence-corrected chi connectivity index (χ0v) is 14.9. The smallest absolute Gasteiger partial charge is 0.307 e. The monoisotopic (exact) mass is 370 g/mol. The highest BCUT2D eigenvalue weighted by molar-refractivity contribution is 6.34. The largest absolute Gasteiger partial charge is 0.481 e. The standard InChI is InChI=1S/C20H19ClN2O3/c21-16-5-4-13(17-3-1-2-8-22-17)11-14(16)18(24)23-9-6-20(7-10-23)12-15(20)19(25)26/h1-5,8,11,15H,6-7,9-10,12H2,(H,25,26). The number of aromatic nitrogens is 1. The maximum atomic E-state index is 13.0. The molecule has 2 heterocycles. The van der Waals surface area contributed by atoms with Crippen LogP contribution in [0, 0.1) is 11.3 Å². The number of carboxylic acids is 1. The van der Waals surface area contributed by atoms with Crippen LogP contribution in [0.2, 0.25) is 5.02 Å². The Balaban J connectivity index is 1.51. The third-order valence-corrected chi connectivity index (χ3v) is 6.02. The molecule has 1 aliphatic carbocycles. The first-order chi connectivity index (χ1) is 12.5. The summed E-state index contributed by atoms with van der Waals surface area (Å²) >= 11 is 6.29. The van der Waals surface area contributed by atoms with Gasteiger partial charge in [0.15, 0.2) is 0 Å². The lowest BCUT2D eigenvalue weighted by Crippen LogP contribution is -2.40. The Morgan fingerprint density at radius 3 is 2.58 bits per heavy atom. The number of rotatable bonds is 3. The molecule has 2 aromatic rings. The Morgan fingerprint density at radius 1 is 1.19 bits per heavy atom. The first kappa shape index (κ1) is 17.0. The lowest BCUT2D eigenvalue weighted by molar-refractivity contribution is -0.139. The highest BCUT2D eigenvalue weighted by Gasteiger charge is 2.59. The van der Waals surface area contributed by atoms with E-state index >= 15 is 0 Å². The first-order valence-electron chi connectivity index (χ1n) is 8.73. The summed E-state index contributed by atoms with van der Waals surface area (Å²) in [5, 5.41) is 9.62. The van der Waals surface area contributed by atoms with Crippen LogP contribution in [0.4, 0.5) is 0 Å². The normalized spacial score (nSPS) is 20.8. The number of nitrogens with zero attached hydrogens (tertiary/aromatic N) is 2. The molecule has 26 heavy (non-hydrogen) atoms. The molecule has 1 atom stereocenters. The fourth-order valence-corrected chi connectivity index (χ4v) is 4.16. The first-order valence-corrected chi connectivity index (χ1v) is 9.11. The summed E-state index contributed by atoms with van der Waals surface area (Å²) in [5.74, 6) is -1.05. The van der Waals surface area contributed by atoms with Crippen molar-refractivity contribution in [3.63, 3.8) is 0 Å². The number of hydrogen-bond donors (Lipinski definition) is 1. The van der Waals surface area contributed by atoms with Crippen molar-refractivity contribution in [2.75, 3.05) is 13.1 Å². The van der Waals surface area contributed by atoms with E-state index in [2.05, 4.69) is 4.98 Å². The van der Waals surface area contributed by atoms with E-state index in [0.29, 0.717) is 23.7 Å². The number of likely N-dealkylation sites (tertiary alicyclic amines) is 1. The van der Waals surface area contributed by atoms with E-state index in [1.54, 1.807) is 23.2 Å². The molecule has 1 amide bonds. The van der Waals surface area contributed by atoms with E-state index in [1.165, 1.54) is 0 Å². The molecule has 5 nitrogen and oxygen atoms in total. The maximum absolute atomic E-state index is 13.0. The van der Waals surface area contributed by atoms with Crippen molar-refractivity contribution in [1.29, 1.82) is 0 Å². The second-order valence-corrected chi connectivity index (χ2v) is 7.57. The molecule has 1 spiro atoms. The summed E-state index contributed by atoms with van der Waals surface area (Å²) in [7, 11) is 0. The van der Waals surface area contributed by atoms with Gasteiger partial charge in [-0.15, -0.1) is 0 Å². The van der Waals surface area contributed by atoms with E-state index in [-0.39, 0.29) is 17.2 Å². The van der Waals surface area contributed by atoms with Gasteiger partial charge in [0.25, 0.3) is 5.91 Å². The Kier molecular flexibility index (Phi) is 4.19. The van der Waals surface area contributed by atoms with E-state index < -0.39 is 5.97 Å². The minimum Gasteiger partial charge on any atom is -0.481 e. The molecule has 1 unspecified atom stereocenters. The topological polar surface area (TPSA) is 70.5 Å². The molecular weight excluding hydrogens is 352 g/mol. The Hall–Kier alpha value is -2.40. The summed E-state index contributed by atoms with van der Waals surface area (Å²) in [6.45, 7) is 1.15. The minimum absolute atomic E-state index is 0.0950. The zero-order chi connectivity index (χ0) is 18.3. The van der Waals surface area contributed by atoms with Crippen molar-refractivity contribution in [2.45, 2.75) is 19.3 Å². The van der Waals surface area contributed by atoms with Crippen LogP contribution >= 0.6 is 11.6 Å². The van der Waals surface area contributed by atoms with E-state index in [1.807, 2.05) is 24.3 Å². The number of aliphatic carboxylic acids is 1. The molecule has 1 N–H and O–H groups in total. The minimum atomic E-state index is -0.712. The van der Waals surface area contributed by atoms with Gasteiger partial charge in [-0.3, -0.25) is 14.6 Å². The van der Waals surface area contributed by atoms with Crippen LogP contribution in [0.1, 0.15) is 29.6 Å². The third kappa shape index (κ3) is 2.97. The second kappa shape index (κ2) is 6.40. The fraction of sp³-hybridized carbons (Fsp3) is 0.350. The van der Waals surface area contributed by atoms with E-state index in [0.717, 1.165) is 30.5 Å². The summed E-state index contributed by atoms with van der Waals surface area (Å²) in [6, 6.07) is 11.0.